The highest BCUT2D eigenvalue weighted by atomic mass is 32.2. The Labute approximate surface area is 137 Å². The summed E-state index contributed by atoms with van der Waals surface area (Å²) in [5.41, 5.74) is 2.38. The third kappa shape index (κ3) is 4.33. The second kappa shape index (κ2) is 6.72. The zero-order valence-electron chi connectivity index (χ0n) is 13.1. The van der Waals surface area contributed by atoms with Gasteiger partial charge in [-0.05, 0) is 54.7 Å². The Hall–Kier alpha value is -1.85. The molecule has 0 saturated heterocycles. The molecule has 1 unspecified atom stereocenters. The normalized spacial score (nSPS) is 17.5. The van der Waals surface area contributed by atoms with Crippen molar-refractivity contribution in [2.45, 2.75) is 25.2 Å². The molecule has 1 atom stereocenters. The number of benzene rings is 2. The lowest BCUT2D eigenvalue weighted by atomic mass is 9.83. The second-order valence-electron chi connectivity index (χ2n) is 5.85. The molecule has 0 aromatic heterocycles. The summed E-state index contributed by atoms with van der Waals surface area (Å²) in [5, 5.41) is 0. The van der Waals surface area contributed by atoms with Crippen molar-refractivity contribution >= 4 is 10.1 Å². The van der Waals surface area contributed by atoms with Crippen LogP contribution in [0.5, 0.6) is 11.5 Å². The SMILES string of the molecule is CS(=O)(=O)OCC1CCCc2cc(Oc3ccccc3)ccc21. The van der Waals surface area contributed by atoms with Crippen molar-refractivity contribution in [3.05, 3.63) is 59.7 Å². The van der Waals surface area contributed by atoms with Crippen molar-refractivity contribution in [3.8, 4) is 11.5 Å². The lowest BCUT2D eigenvalue weighted by Gasteiger charge is -2.25. The highest BCUT2D eigenvalue weighted by Crippen LogP contribution is 2.35. The van der Waals surface area contributed by atoms with Gasteiger partial charge in [0.25, 0.3) is 10.1 Å². The smallest absolute Gasteiger partial charge is 0.264 e. The molecule has 0 amide bonds. The number of para-hydroxylation sites is 1. The van der Waals surface area contributed by atoms with Gasteiger partial charge in [0.2, 0.25) is 0 Å². The minimum absolute atomic E-state index is 0.124. The highest BCUT2D eigenvalue weighted by Gasteiger charge is 2.22. The van der Waals surface area contributed by atoms with Crippen molar-refractivity contribution < 1.29 is 17.3 Å². The maximum Gasteiger partial charge on any atom is 0.264 e. The Morgan fingerprint density at radius 1 is 1.09 bits per heavy atom. The fraction of sp³-hybridized carbons (Fsp3) is 0.333. The zero-order chi connectivity index (χ0) is 16.3. The Bertz CT molecular complexity index is 769. The third-order valence-corrected chi connectivity index (χ3v) is 4.58. The first-order valence-corrected chi connectivity index (χ1v) is 9.53. The number of rotatable bonds is 5. The lowest BCUT2D eigenvalue weighted by Crippen LogP contribution is -2.17. The maximum absolute atomic E-state index is 11.2. The molecule has 0 spiro atoms. The van der Waals surface area contributed by atoms with Gasteiger partial charge in [0.1, 0.15) is 11.5 Å². The van der Waals surface area contributed by atoms with Gasteiger partial charge in [-0.25, -0.2) is 0 Å². The molecule has 1 aliphatic rings. The van der Waals surface area contributed by atoms with Gasteiger partial charge in [0.05, 0.1) is 12.9 Å². The molecule has 0 aliphatic heterocycles. The van der Waals surface area contributed by atoms with E-state index >= 15 is 0 Å². The fourth-order valence-corrected chi connectivity index (χ4v) is 3.37. The predicted octanol–water partition coefficient (Wildman–Crippen LogP) is 3.88. The van der Waals surface area contributed by atoms with Crippen molar-refractivity contribution in [1.82, 2.24) is 0 Å². The maximum atomic E-state index is 11.2. The van der Waals surface area contributed by atoms with Crippen LogP contribution in [0.15, 0.2) is 48.5 Å². The molecule has 122 valence electrons. The predicted molar refractivity (Wildman–Crippen MR) is 89.4 cm³/mol. The monoisotopic (exact) mass is 332 g/mol. The van der Waals surface area contributed by atoms with E-state index < -0.39 is 10.1 Å². The highest BCUT2D eigenvalue weighted by molar-refractivity contribution is 7.85. The van der Waals surface area contributed by atoms with E-state index in [4.69, 9.17) is 8.92 Å². The third-order valence-electron chi connectivity index (χ3n) is 4.02. The van der Waals surface area contributed by atoms with E-state index in [-0.39, 0.29) is 12.5 Å². The van der Waals surface area contributed by atoms with Gasteiger partial charge in [0.15, 0.2) is 0 Å². The van der Waals surface area contributed by atoms with Crippen molar-refractivity contribution in [1.29, 1.82) is 0 Å². The first kappa shape index (κ1) is 16.0. The van der Waals surface area contributed by atoms with Crippen LogP contribution in [-0.2, 0) is 20.7 Å². The molecular weight excluding hydrogens is 312 g/mol. The van der Waals surface area contributed by atoms with E-state index in [1.807, 2.05) is 42.5 Å². The van der Waals surface area contributed by atoms with Crippen LogP contribution in [-0.4, -0.2) is 21.3 Å². The molecule has 0 bridgehead atoms. The van der Waals surface area contributed by atoms with Gasteiger partial charge in [-0.15, -0.1) is 0 Å². The summed E-state index contributed by atoms with van der Waals surface area (Å²) in [6, 6.07) is 15.7. The van der Waals surface area contributed by atoms with Gasteiger partial charge in [0, 0.05) is 5.92 Å². The summed E-state index contributed by atoms with van der Waals surface area (Å²) in [7, 11) is -3.40. The van der Waals surface area contributed by atoms with Gasteiger partial charge < -0.3 is 4.74 Å². The minimum atomic E-state index is -3.40. The first-order chi connectivity index (χ1) is 11.0. The van der Waals surface area contributed by atoms with Crippen LogP contribution in [0, 0.1) is 0 Å². The summed E-state index contributed by atoms with van der Waals surface area (Å²) in [6.07, 6.45) is 4.05. The van der Waals surface area contributed by atoms with Gasteiger partial charge in [-0.2, -0.15) is 8.42 Å². The molecule has 2 aromatic rings. The Morgan fingerprint density at radius 2 is 1.87 bits per heavy atom. The molecular formula is C18H20O4S. The summed E-state index contributed by atoms with van der Waals surface area (Å²) < 4.78 is 33.3. The molecule has 0 radical (unpaired) electrons. The first-order valence-electron chi connectivity index (χ1n) is 7.71. The number of fused-ring (bicyclic) bond motifs is 1. The van der Waals surface area contributed by atoms with Gasteiger partial charge in [-0.1, -0.05) is 24.3 Å². The molecule has 0 N–H and O–H groups in total. The molecule has 2 aromatic carbocycles. The summed E-state index contributed by atoms with van der Waals surface area (Å²) >= 11 is 0. The van der Waals surface area contributed by atoms with Crippen LogP contribution >= 0.6 is 0 Å². The van der Waals surface area contributed by atoms with E-state index in [1.54, 1.807) is 0 Å². The molecule has 0 heterocycles. The summed E-state index contributed by atoms with van der Waals surface area (Å²) in [6.45, 7) is 0.213. The van der Waals surface area contributed by atoms with Crippen molar-refractivity contribution in [2.75, 3.05) is 12.9 Å². The number of ether oxygens (including phenoxy) is 1. The van der Waals surface area contributed by atoms with Crippen molar-refractivity contribution in [3.63, 3.8) is 0 Å². The lowest BCUT2D eigenvalue weighted by molar-refractivity contribution is 0.281. The number of aryl methyl sites for hydroxylation is 1. The minimum Gasteiger partial charge on any atom is -0.457 e. The van der Waals surface area contributed by atoms with E-state index in [9.17, 15) is 8.42 Å². The van der Waals surface area contributed by atoms with Crippen LogP contribution in [0.25, 0.3) is 0 Å². The largest absolute Gasteiger partial charge is 0.457 e. The van der Waals surface area contributed by atoms with E-state index in [0.29, 0.717) is 0 Å². The quantitative estimate of drug-likeness (QED) is 0.780. The standard InChI is InChI=1S/C18H20O4S/c1-23(19,20)21-13-15-7-5-6-14-12-17(10-11-18(14)15)22-16-8-3-2-4-9-16/h2-4,8-12,15H,5-7,13H2,1H3. The van der Waals surface area contributed by atoms with Crippen LogP contribution in [0.2, 0.25) is 0 Å². The fourth-order valence-electron chi connectivity index (χ4n) is 2.96. The van der Waals surface area contributed by atoms with Crippen LogP contribution in [0.3, 0.4) is 0 Å². The van der Waals surface area contributed by atoms with E-state index in [1.165, 1.54) is 11.1 Å². The van der Waals surface area contributed by atoms with Gasteiger partial charge >= 0.3 is 0 Å². The molecule has 23 heavy (non-hydrogen) atoms. The molecule has 0 saturated carbocycles. The van der Waals surface area contributed by atoms with Gasteiger partial charge in [-0.3, -0.25) is 4.18 Å². The Kier molecular flexibility index (Phi) is 4.68. The zero-order valence-corrected chi connectivity index (χ0v) is 13.9. The topological polar surface area (TPSA) is 52.6 Å². The Morgan fingerprint density at radius 3 is 2.61 bits per heavy atom. The second-order valence-corrected chi connectivity index (χ2v) is 7.50. The average Bonchev–Trinajstić information content (AvgIpc) is 2.53. The molecule has 4 nitrogen and oxygen atoms in total. The van der Waals surface area contributed by atoms with Crippen molar-refractivity contribution in [2.24, 2.45) is 0 Å². The summed E-state index contributed by atoms with van der Waals surface area (Å²) in [5.74, 6) is 1.74. The van der Waals surface area contributed by atoms with E-state index in [2.05, 4.69) is 6.07 Å². The van der Waals surface area contributed by atoms with Crippen LogP contribution in [0.1, 0.15) is 29.9 Å². The van der Waals surface area contributed by atoms with Crippen LogP contribution in [0.4, 0.5) is 0 Å². The van der Waals surface area contributed by atoms with E-state index in [0.717, 1.165) is 37.0 Å². The van der Waals surface area contributed by atoms with Crippen LogP contribution < -0.4 is 4.74 Å². The number of hydrogen-bond donors (Lipinski definition) is 0. The molecule has 5 heteroatoms. The average molecular weight is 332 g/mol. The molecule has 0 fully saturated rings. The Balaban J connectivity index is 1.77. The number of hydrogen-bond acceptors (Lipinski definition) is 4. The summed E-state index contributed by atoms with van der Waals surface area (Å²) in [4.78, 5) is 0. The molecule has 1 aliphatic carbocycles. The molecule has 3 rings (SSSR count).